The fourth-order valence-corrected chi connectivity index (χ4v) is 5.73. The Bertz CT molecular complexity index is 932. The van der Waals surface area contributed by atoms with Gasteiger partial charge in [0.2, 0.25) is 0 Å². The average molecular weight is 477 g/mol. The number of rotatable bonds is 2. The minimum absolute atomic E-state index is 0.0287. The first-order chi connectivity index (χ1) is 15.2. The van der Waals surface area contributed by atoms with Gasteiger partial charge in [-0.25, -0.2) is 13.1 Å². The summed E-state index contributed by atoms with van der Waals surface area (Å²) in [5.74, 6) is 0.513. The number of halogens is 3. The van der Waals surface area contributed by atoms with E-state index < -0.39 is 33.5 Å². The number of benzene rings is 1. The summed E-state index contributed by atoms with van der Waals surface area (Å²) in [5, 5.41) is 0. The van der Waals surface area contributed by atoms with E-state index in [0.717, 1.165) is 31.2 Å². The van der Waals surface area contributed by atoms with Crippen LogP contribution in [0, 0.1) is 0 Å². The van der Waals surface area contributed by atoms with Gasteiger partial charge in [0.15, 0.2) is 6.61 Å². The molecule has 0 spiro atoms. The van der Waals surface area contributed by atoms with Crippen molar-refractivity contribution in [1.29, 1.82) is 0 Å². The molecule has 178 valence electrons. The summed E-state index contributed by atoms with van der Waals surface area (Å²) in [6.07, 6.45) is 3.77. The number of carbonyl (C=O) groups is 1. The number of fused-ring (bicyclic) bond motifs is 5. The summed E-state index contributed by atoms with van der Waals surface area (Å²) in [7, 11) is -5.55. The first-order valence-corrected chi connectivity index (χ1v) is 12.4. The van der Waals surface area contributed by atoms with Crippen LogP contribution in [0.15, 0.2) is 24.3 Å². The number of alkyl halides is 3. The van der Waals surface area contributed by atoms with E-state index >= 15 is 0 Å². The van der Waals surface area contributed by atoms with Crippen LogP contribution in [0.1, 0.15) is 50.0 Å². The van der Waals surface area contributed by atoms with E-state index in [0.29, 0.717) is 18.7 Å². The van der Waals surface area contributed by atoms with Gasteiger partial charge in [0.05, 0.1) is 18.8 Å². The van der Waals surface area contributed by atoms with Crippen molar-refractivity contribution >= 4 is 15.9 Å². The molecule has 1 aromatic carbocycles. The Morgan fingerprint density at radius 3 is 2.50 bits per heavy atom. The number of para-hydroxylation sites is 1. The summed E-state index contributed by atoms with van der Waals surface area (Å²) < 4.78 is 76.1. The maximum atomic E-state index is 13.0. The van der Waals surface area contributed by atoms with E-state index in [1.807, 2.05) is 24.3 Å². The van der Waals surface area contributed by atoms with E-state index in [4.69, 9.17) is 9.47 Å². The van der Waals surface area contributed by atoms with E-state index in [9.17, 15) is 26.4 Å². The highest BCUT2D eigenvalue weighted by atomic mass is 32.2. The summed E-state index contributed by atoms with van der Waals surface area (Å²) in [6.45, 7) is -0.00310. The zero-order valence-electron chi connectivity index (χ0n) is 17.5. The number of hydrogen-bond acceptors (Lipinski definition) is 5. The van der Waals surface area contributed by atoms with Gasteiger partial charge in [0.1, 0.15) is 5.75 Å². The SMILES string of the molecule is O=C1COc2ccccc2C2CCC(CC2)OCC2[C@@H](NS(=O)(=O)C(F)(F)F)CCCN12. The van der Waals surface area contributed by atoms with Crippen LogP contribution in [-0.4, -0.2) is 62.7 Å². The van der Waals surface area contributed by atoms with Gasteiger partial charge in [-0.3, -0.25) is 4.79 Å². The molecule has 1 aromatic rings. The van der Waals surface area contributed by atoms with Crippen molar-refractivity contribution < 1.29 is 35.9 Å². The monoisotopic (exact) mass is 476 g/mol. The minimum atomic E-state index is -5.55. The fraction of sp³-hybridized carbons (Fsp3) is 0.667. The third kappa shape index (κ3) is 4.89. The minimum Gasteiger partial charge on any atom is -0.483 e. The van der Waals surface area contributed by atoms with E-state index in [2.05, 4.69) is 0 Å². The first kappa shape index (κ1) is 23.3. The lowest BCUT2D eigenvalue weighted by molar-refractivity contribution is -0.140. The quantitative estimate of drug-likeness (QED) is 0.710. The van der Waals surface area contributed by atoms with E-state index in [1.54, 1.807) is 4.72 Å². The Balaban J connectivity index is 1.60. The third-order valence-electron chi connectivity index (χ3n) is 6.60. The molecule has 11 heteroatoms. The summed E-state index contributed by atoms with van der Waals surface area (Å²) in [6, 6.07) is 5.65. The molecule has 3 heterocycles. The molecular weight excluding hydrogens is 449 g/mol. The Hall–Kier alpha value is -1.85. The van der Waals surface area contributed by atoms with Crippen LogP contribution in [0.5, 0.6) is 5.75 Å². The van der Waals surface area contributed by atoms with Gasteiger partial charge in [-0.15, -0.1) is 0 Å². The number of piperidine rings is 1. The Labute approximate surface area is 185 Å². The van der Waals surface area contributed by atoms with Crippen molar-refractivity contribution in [2.75, 3.05) is 19.8 Å². The molecule has 7 nitrogen and oxygen atoms in total. The molecule has 1 unspecified atom stereocenters. The van der Waals surface area contributed by atoms with Crippen molar-refractivity contribution in [2.24, 2.45) is 0 Å². The molecule has 4 aliphatic rings. The van der Waals surface area contributed by atoms with Crippen molar-refractivity contribution in [2.45, 2.75) is 68.1 Å². The highest BCUT2D eigenvalue weighted by molar-refractivity contribution is 7.90. The molecule has 1 amide bonds. The number of sulfonamides is 1. The second kappa shape index (κ2) is 9.18. The summed E-state index contributed by atoms with van der Waals surface area (Å²) >= 11 is 0. The van der Waals surface area contributed by atoms with Crippen LogP contribution in [-0.2, 0) is 19.6 Å². The molecule has 1 saturated carbocycles. The number of ether oxygens (including phenoxy) is 2. The highest BCUT2D eigenvalue weighted by Gasteiger charge is 2.49. The van der Waals surface area contributed by atoms with Gasteiger partial charge >= 0.3 is 15.5 Å². The van der Waals surface area contributed by atoms with E-state index in [1.165, 1.54) is 4.90 Å². The Morgan fingerprint density at radius 1 is 1.06 bits per heavy atom. The lowest BCUT2D eigenvalue weighted by atomic mass is 9.82. The largest absolute Gasteiger partial charge is 0.511 e. The van der Waals surface area contributed by atoms with Crippen LogP contribution in [0.25, 0.3) is 0 Å². The first-order valence-electron chi connectivity index (χ1n) is 10.9. The molecule has 2 atom stereocenters. The lowest BCUT2D eigenvalue weighted by Crippen LogP contribution is -2.60. The zero-order valence-corrected chi connectivity index (χ0v) is 18.3. The maximum absolute atomic E-state index is 13.0. The van der Waals surface area contributed by atoms with Crippen LogP contribution in [0.3, 0.4) is 0 Å². The van der Waals surface area contributed by atoms with Crippen molar-refractivity contribution in [3.63, 3.8) is 0 Å². The highest BCUT2D eigenvalue weighted by Crippen LogP contribution is 2.39. The second-order valence-corrected chi connectivity index (χ2v) is 10.3. The average Bonchev–Trinajstić information content (AvgIpc) is 2.77. The van der Waals surface area contributed by atoms with E-state index in [-0.39, 0.29) is 31.7 Å². The molecule has 3 aliphatic heterocycles. The molecule has 0 radical (unpaired) electrons. The molecule has 32 heavy (non-hydrogen) atoms. The summed E-state index contributed by atoms with van der Waals surface area (Å²) in [4.78, 5) is 14.4. The lowest BCUT2D eigenvalue weighted by Gasteiger charge is -2.42. The van der Waals surface area contributed by atoms with Gasteiger partial charge in [-0.05, 0) is 56.1 Å². The summed E-state index contributed by atoms with van der Waals surface area (Å²) in [5.41, 5.74) is -4.38. The van der Waals surface area contributed by atoms with Gasteiger partial charge in [0.25, 0.3) is 5.91 Å². The number of carbonyl (C=O) groups excluding carboxylic acids is 1. The molecule has 5 rings (SSSR count). The van der Waals surface area contributed by atoms with Gasteiger partial charge in [-0.1, -0.05) is 18.2 Å². The number of nitrogens with zero attached hydrogens (tertiary/aromatic N) is 1. The van der Waals surface area contributed by atoms with Crippen molar-refractivity contribution in [1.82, 2.24) is 9.62 Å². The van der Waals surface area contributed by atoms with Crippen LogP contribution >= 0.6 is 0 Å². The second-order valence-electron chi connectivity index (χ2n) is 8.60. The van der Waals surface area contributed by atoms with Gasteiger partial charge in [0, 0.05) is 12.6 Å². The smallest absolute Gasteiger partial charge is 0.483 e. The Kier molecular flexibility index (Phi) is 6.69. The predicted octanol–water partition coefficient (Wildman–Crippen LogP) is 2.92. The molecule has 1 N–H and O–H groups in total. The van der Waals surface area contributed by atoms with Crippen LogP contribution in [0.4, 0.5) is 13.2 Å². The molecule has 2 fully saturated rings. The normalized spacial score (nSPS) is 29.7. The molecule has 2 bridgehead atoms. The van der Waals surface area contributed by atoms with Gasteiger partial charge < -0.3 is 14.4 Å². The maximum Gasteiger partial charge on any atom is 0.511 e. The van der Waals surface area contributed by atoms with Gasteiger partial charge in [-0.2, -0.15) is 13.2 Å². The van der Waals surface area contributed by atoms with Crippen LogP contribution in [0.2, 0.25) is 0 Å². The number of nitrogens with one attached hydrogen (secondary N) is 1. The predicted molar refractivity (Wildman–Crippen MR) is 110 cm³/mol. The molecule has 0 aromatic heterocycles. The number of amides is 1. The zero-order chi connectivity index (χ0) is 22.9. The molecule has 1 saturated heterocycles. The van der Waals surface area contributed by atoms with Crippen LogP contribution < -0.4 is 9.46 Å². The van der Waals surface area contributed by atoms with Crippen molar-refractivity contribution in [3.05, 3.63) is 29.8 Å². The fourth-order valence-electron chi connectivity index (χ4n) is 4.92. The topological polar surface area (TPSA) is 84.9 Å². The standard InChI is InChI=1S/C21H27F3N2O5S/c22-21(23,24)32(28,29)25-17-5-3-11-26-18(17)12-30-15-9-7-14(8-10-15)16-4-1-2-6-19(16)31-13-20(26)27/h1-2,4,6,14-15,17-18,25H,3,5,7-13H2/t14?,15?,17-,18?/m0/s1. The third-order valence-corrected chi connectivity index (χ3v) is 7.82. The molecule has 1 aliphatic carbocycles. The van der Waals surface area contributed by atoms with Crippen molar-refractivity contribution in [3.8, 4) is 5.75 Å². The molecular formula is C21H27F3N2O5S. The Morgan fingerprint density at radius 2 is 1.78 bits per heavy atom. The number of hydrogen-bond donors (Lipinski definition) is 1.